The van der Waals surface area contributed by atoms with Crippen molar-refractivity contribution in [3.05, 3.63) is 28.8 Å². The number of hydrogen-bond acceptors (Lipinski definition) is 5. The lowest BCUT2D eigenvalue weighted by atomic mass is 10.2. The summed E-state index contributed by atoms with van der Waals surface area (Å²) < 4.78 is 23.9. The van der Waals surface area contributed by atoms with Crippen molar-refractivity contribution < 1.29 is 8.42 Å². The molecule has 1 heterocycles. The van der Waals surface area contributed by atoms with Crippen molar-refractivity contribution in [2.24, 2.45) is 0 Å². The third kappa shape index (κ3) is 4.28. The SMILES string of the molecule is CCNCc1ccc(N2CCSCC2S(C)(=O)=O)cc1Cl. The molecule has 1 aliphatic heterocycles. The van der Waals surface area contributed by atoms with E-state index in [1.807, 2.05) is 30.0 Å². The summed E-state index contributed by atoms with van der Waals surface area (Å²) >= 11 is 8.01. The first-order chi connectivity index (χ1) is 9.93. The maximum Gasteiger partial charge on any atom is 0.169 e. The van der Waals surface area contributed by atoms with Gasteiger partial charge in [0.2, 0.25) is 0 Å². The fourth-order valence-corrected chi connectivity index (χ4v) is 5.43. The molecule has 1 N–H and O–H groups in total. The molecule has 0 aromatic heterocycles. The predicted octanol–water partition coefficient (Wildman–Crippen LogP) is 2.37. The molecule has 0 radical (unpaired) electrons. The first-order valence-electron chi connectivity index (χ1n) is 6.96. The summed E-state index contributed by atoms with van der Waals surface area (Å²) in [6.45, 7) is 4.38. The highest BCUT2D eigenvalue weighted by Crippen LogP contribution is 2.30. The summed E-state index contributed by atoms with van der Waals surface area (Å²) in [5, 5.41) is 3.45. The van der Waals surface area contributed by atoms with Crippen molar-refractivity contribution in [2.45, 2.75) is 18.8 Å². The highest BCUT2D eigenvalue weighted by Gasteiger charge is 2.31. The number of thioether (sulfide) groups is 1. The van der Waals surface area contributed by atoms with Crippen molar-refractivity contribution >= 4 is 38.9 Å². The van der Waals surface area contributed by atoms with Crippen LogP contribution in [-0.4, -0.2) is 44.6 Å². The molecule has 1 unspecified atom stereocenters. The Morgan fingerprint density at radius 2 is 2.24 bits per heavy atom. The Balaban J connectivity index is 2.25. The van der Waals surface area contributed by atoms with E-state index in [9.17, 15) is 8.42 Å². The summed E-state index contributed by atoms with van der Waals surface area (Å²) in [5.74, 6) is 1.54. The Morgan fingerprint density at radius 3 is 2.86 bits per heavy atom. The Hall–Kier alpha value is -0.430. The molecule has 21 heavy (non-hydrogen) atoms. The minimum Gasteiger partial charge on any atom is -0.353 e. The van der Waals surface area contributed by atoms with Crippen LogP contribution in [0.2, 0.25) is 5.02 Å². The van der Waals surface area contributed by atoms with Gasteiger partial charge in [-0.2, -0.15) is 11.8 Å². The molecule has 0 spiro atoms. The summed E-state index contributed by atoms with van der Waals surface area (Å²) in [7, 11) is -3.11. The van der Waals surface area contributed by atoms with Crippen molar-refractivity contribution in [3.63, 3.8) is 0 Å². The number of anilines is 1. The van der Waals surface area contributed by atoms with Crippen molar-refractivity contribution in [3.8, 4) is 0 Å². The predicted molar refractivity (Wildman–Crippen MR) is 92.1 cm³/mol. The van der Waals surface area contributed by atoms with Crippen LogP contribution in [0.15, 0.2) is 18.2 Å². The number of rotatable bonds is 5. The van der Waals surface area contributed by atoms with Crippen LogP contribution < -0.4 is 10.2 Å². The Bertz CT molecular complexity index is 593. The number of benzene rings is 1. The van der Waals surface area contributed by atoms with Crippen LogP contribution in [0.25, 0.3) is 0 Å². The highest BCUT2D eigenvalue weighted by atomic mass is 35.5. The van der Waals surface area contributed by atoms with Crippen molar-refractivity contribution in [1.82, 2.24) is 5.32 Å². The van der Waals surface area contributed by atoms with Crippen LogP contribution in [0.5, 0.6) is 0 Å². The van der Waals surface area contributed by atoms with E-state index < -0.39 is 15.2 Å². The molecule has 4 nitrogen and oxygen atoms in total. The first-order valence-corrected chi connectivity index (χ1v) is 10.4. The summed E-state index contributed by atoms with van der Waals surface area (Å²) in [4.78, 5) is 1.95. The molecule has 0 amide bonds. The van der Waals surface area contributed by atoms with Gasteiger partial charge in [0.15, 0.2) is 9.84 Å². The lowest BCUT2D eigenvalue weighted by Gasteiger charge is -2.36. The van der Waals surface area contributed by atoms with Crippen LogP contribution >= 0.6 is 23.4 Å². The van der Waals surface area contributed by atoms with Gasteiger partial charge in [0.25, 0.3) is 0 Å². The van der Waals surface area contributed by atoms with E-state index >= 15 is 0 Å². The standard InChI is InChI=1S/C14H21ClN2O2S2/c1-3-16-9-11-4-5-12(8-13(11)15)17-6-7-20-10-14(17)21(2,18)19/h4-5,8,14,16H,3,6-7,9-10H2,1-2H3. The first kappa shape index (κ1) is 16.9. The Morgan fingerprint density at radius 1 is 1.48 bits per heavy atom. The third-order valence-corrected chi connectivity index (χ3v) is 6.51. The van der Waals surface area contributed by atoms with Gasteiger partial charge in [0, 0.05) is 41.6 Å². The normalized spacial score (nSPS) is 19.8. The minimum atomic E-state index is -3.11. The largest absolute Gasteiger partial charge is 0.353 e. The minimum absolute atomic E-state index is 0.466. The van der Waals surface area contributed by atoms with Crippen LogP contribution in [-0.2, 0) is 16.4 Å². The molecular weight excluding hydrogens is 328 g/mol. The second-order valence-corrected chi connectivity index (χ2v) is 8.87. The van der Waals surface area contributed by atoms with Gasteiger partial charge < -0.3 is 10.2 Å². The van der Waals surface area contributed by atoms with Gasteiger partial charge in [0.1, 0.15) is 5.37 Å². The topological polar surface area (TPSA) is 49.4 Å². The smallest absolute Gasteiger partial charge is 0.169 e. The molecule has 1 saturated heterocycles. The van der Waals surface area contributed by atoms with Crippen LogP contribution in [0.4, 0.5) is 5.69 Å². The Kier molecular flexibility index (Phi) is 5.82. The van der Waals surface area contributed by atoms with E-state index in [0.29, 0.717) is 10.8 Å². The fraction of sp³-hybridized carbons (Fsp3) is 0.571. The maximum absolute atomic E-state index is 12.0. The summed E-state index contributed by atoms with van der Waals surface area (Å²) in [6.07, 6.45) is 1.30. The number of hydrogen-bond donors (Lipinski definition) is 1. The zero-order valence-electron chi connectivity index (χ0n) is 12.3. The number of nitrogens with zero attached hydrogens (tertiary/aromatic N) is 1. The monoisotopic (exact) mass is 348 g/mol. The molecular formula is C14H21ClN2O2S2. The number of halogens is 1. The quantitative estimate of drug-likeness (QED) is 0.885. The number of nitrogens with one attached hydrogen (secondary N) is 1. The van der Waals surface area contributed by atoms with Gasteiger partial charge in [-0.3, -0.25) is 0 Å². The maximum atomic E-state index is 12.0. The van der Waals surface area contributed by atoms with E-state index in [0.717, 1.165) is 36.6 Å². The van der Waals surface area contributed by atoms with Gasteiger partial charge in [0.05, 0.1) is 0 Å². The third-order valence-electron chi connectivity index (χ3n) is 3.51. The average molecular weight is 349 g/mol. The van der Waals surface area contributed by atoms with E-state index in [-0.39, 0.29) is 0 Å². The zero-order valence-corrected chi connectivity index (χ0v) is 14.7. The molecule has 1 aliphatic rings. The van der Waals surface area contributed by atoms with Crippen LogP contribution in [0.3, 0.4) is 0 Å². The molecule has 1 aromatic rings. The average Bonchev–Trinajstić information content (AvgIpc) is 2.45. The van der Waals surface area contributed by atoms with Crippen molar-refractivity contribution in [1.29, 1.82) is 0 Å². The van der Waals surface area contributed by atoms with Gasteiger partial charge in [-0.25, -0.2) is 8.42 Å². The van der Waals surface area contributed by atoms with E-state index in [4.69, 9.17) is 11.6 Å². The second kappa shape index (κ2) is 7.22. The van der Waals surface area contributed by atoms with Gasteiger partial charge >= 0.3 is 0 Å². The van der Waals surface area contributed by atoms with E-state index in [2.05, 4.69) is 5.32 Å². The van der Waals surface area contributed by atoms with Gasteiger partial charge in [-0.05, 0) is 24.2 Å². The van der Waals surface area contributed by atoms with E-state index in [1.54, 1.807) is 11.8 Å². The molecule has 1 fully saturated rings. The molecule has 0 saturated carbocycles. The molecule has 118 valence electrons. The van der Waals surface area contributed by atoms with Crippen LogP contribution in [0.1, 0.15) is 12.5 Å². The van der Waals surface area contributed by atoms with Crippen LogP contribution in [0, 0.1) is 0 Å². The van der Waals surface area contributed by atoms with Gasteiger partial charge in [-0.1, -0.05) is 24.6 Å². The van der Waals surface area contributed by atoms with E-state index in [1.165, 1.54) is 6.26 Å². The highest BCUT2D eigenvalue weighted by molar-refractivity contribution is 8.01. The molecule has 2 rings (SSSR count). The molecule has 1 atom stereocenters. The molecule has 0 aliphatic carbocycles. The summed E-state index contributed by atoms with van der Waals surface area (Å²) in [6, 6.07) is 5.82. The zero-order chi connectivity index (χ0) is 15.5. The lowest BCUT2D eigenvalue weighted by molar-refractivity contribution is 0.584. The lowest BCUT2D eigenvalue weighted by Crippen LogP contribution is -2.47. The molecule has 7 heteroatoms. The second-order valence-electron chi connectivity index (χ2n) is 5.11. The van der Waals surface area contributed by atoms with Gasteiger partial charge in [-0.15, -0.1) is 0 Å². The molecule has 1 aromatic carbocycles. The fourth-order valence-electron chi connectivity index (χ4n) is 2.35. The Labute approximate surface area is 136 Å². The molecule has 0 bridgehead atoms. The summed E-state index contributed by atoms with van der Waals surface area (Å²) in [5.41, 5.74) is 1.92. The van der Waals surface area contributed by atoms with Crippen molar-refractivity contribution in [2.75, 3.05) is 35.8 Å². The number of sulfone groups is 1.